The van der Waals surface area contributed by atoms with Crippen LogP contribution in [0.5, 0.6) is 0 Å². The molecule has 0 aliphatic carbocycles. The fourth-order valence-corrected chi connectivity index (χ4v) is 3.44. The molecule has 1 aromatic carbocycles. The normalized spacial score (nSPS) is 12.7. The average Bonchev–Trinajstić information content (AvgIpc) is 3.20. The van der Waals surface area contributed by atoms with Gasteiger partial charge in [-0.15, -0.1) is 0 Å². The lowest BCUT2D eigenvalue weighted by Crippen LogP contribution is -2.33. The predicted octanol–water partition coefficient (Wildman–Crippen LogP) is 0.374. The number of hydrogen-bond donors (Lipinski definition) is 5. The number of aromatic nitrogens is 3. The molecule has 8 heteroatoms. The van der Waals surface area contributed by atoms with Crippen molar-refractivity contribution < 1.29 is 4.79 Å². The number of anilines is 1. The van der Waals surface area contributed by atoms with Crippen molar-refractivity contribution in [2.75, 3.05) is 32.9 Å². The summed E-state index contributed by atoms with van der Waals surface area (Å²) < 4.78 is 0. The Balaban J connectivity index is 1.91. The molecule has 8 nitrogen and oxygen atoms in total. The van der Waals surface area contributed by atoms with E-state index in [0.29, 0.717) is 34.8 Å². The van der Waals surface area contributed by atoms with Crippen LogP contribution in [0.15, 0.2) is 29.1 Å². The van der Waals surface area contributed by atoms with Crippen LogP contribution in [-0.2, 0) is 6.42 Å². The number of amides is 1. The monoisotopic (exact) mass is 422 g/mol. The number of nitrogens with zero attached hydrogens (tertiary/aromatic N) is 1. The maximum Gasteiger partial charge on any atom is 0.271 e. The summed E-state index contributed by atoms with van der Waals surface area (Å²) in [5.41, 5.74) is 10.3. The van der Waals surface area contributed by atoms with Crippen molar-refractivity contribution >= 4 is 23.7 Å². The first-order chi connectivity index (χ1) is 14.8. The van der Waals surface area contributed by atoms with Crippen LogP contribution in [0.25, 0.3) is 12.2 Å². The second-order valence-electron chi connectivity index (χ2n) is 7.92. The van der Waals surface area contributed by atoms with Gasteiger partial charge in [0.1, 0.15) is 0 Å². The third kappa shape index (κ3) is 5.35. The molecule has 2 heterocycles. The second-order valence-corrected chi connectivity index (χ2v) is 7.92. The summed E-state index contributed by atoms with van der Waals surface area (Å²) in [6.45, 7) is 5.07. The number of aryl methyl sites for hydroxylation is 1. The van der Waals surface area contributed by atoms with Crippen molar-refractivity contribution in [3.63, 3.8) is 0 Å². The zero-order valence-electron chi connectivity index (χ0n) is 18.4. The van der Waals surface area contributed by atoms with Crippen molar-refractivity contribution in [3.8, 4) is 0 Å². The third-order valence-corrected chi connectivity index (χ3v) is 5.20. The highest BCUT2D eigenvalue weighted by atomic mass is 16.1. The highest BCUT2D eigenvalue weighted by Crippen LogP contribution is 2.18. The quantitative estimate of drug-likeness (QED) is 0.353. The molecule has 0 unspecified atom stereocenters. The van der Waals surface area contributed by atoms with E-state index in [1.807, 2.05) is 63.2 Å². The number of carbonyl (C=O) groups excluding carboxylic acids is 1. The fraction of sp³-hybridized carbons (Fsp3) is 0.304. The van der Waals surface area contributed by atoms with E-state index in [4.69, 9.17) is 5.73 Å². The van der Waals surface area contributed by atoms with E-state index in [1.54, 1.807) is 6.08 Å². The number of aromatic amines is 3. The Labute approximate surface area is 180 Å². The van der Waals surface area contributed by atoms with E-state index in [1.165, 1.54) is 0 Å². The predicted molar refractivity (Wildman–Crippen MR) is 124 cm³/mol. The molecule has 0 bridgehead atoms. The molecule has 0 saturated carbocycles. The van der Waals surface area contributed by atoms with Crippen LogP contribution >= 0.6 is 0 Å². The summed E-state index contributed by atoms with van der Waals surface area (Å²) >= 11 is 0. The van der Waals surface area contributed by atoms with E-state index >= 15 is 0 Å². The van der Waals surface area contributed by atoms with Gasteiger partial charge >= 0.3 is 0 Å². The van der Waals surface area contributed by atoms with E-state index in [9.17, 15) is 9.59 Å². The number of H-pyrrole nitrogens is 3. The van der Waals surface area contributed by atoms with Crippen molar-refractivity contribution in [1.82, 2.24) is 25.4 Å². The highest BCUT2D eigenvalue weighted by Gasteiger charge is 2.17. The molecule has 0 spiro atoms. The van der Waals surface area contributed by atoms with Gasteiger partial charge in [-0.05, 0) is 63.7 Å². The average molecular weight is 423 g/mol. The van der Waals surface area contributed by atoms with Gasteiger partial charge in [0.05, 0.1) is 16.1 Å². The smallest absolute Gasteiger partial charge is 0.271 e. The fourth-order valence-electron chi connectivity index (χ4n) is 3.44. The Kier molecular flexibility index (Phi) is 6.81. The van der Waals surface area contributed by atoms with Gasteiger partial charge in [0, 0.05) is 30.2 Å². The zero-order valence-corrected chi connectivity index (χ0v) is 18.4. The Hall–Kier alpha value is -3.52. The number of nitrogens with one attached hydrogen (secondary N) is 4. The molecule has 0 aliphatic rings. The van der Waals surface area contributed by atoms with Crippen LogP contribution in [0.2, 0.25) is 0 Å². The molecule has 31 heavy (non-hydrogen) atoms. The first-order valence-corrected chi connectivity index (χ1v) is 10.2. The van der Waals surface area contributed by atoms with Gasteiger partial charge < -0.3 is 20.9 Å². The molecular weight excluding hydrogens is 392 g/mol. The lowest BCUT2D eigenvalue weighted by Gasteiger charge is -2.10. The number of hydrogen-bond acceptors (Lipinski definition) is 4. The molecule has 3 aromatic rings. The van der Waals surface area contributed by atoms with Gasteiger partial charge in [0.25, 0.3) is 11.5 Å². The van der Waals surface area contributed by atoms with Crippen molar-refractivity contribution in [3.05, 3.63) is 73.3 Å². The number of rotatable bonds is 7. The molecule has 2 aromatic heterocycles. The zero-order chi connectivity index (χ0) is 22.5. The Morgan fingerprint density at radius 2 is 1.87 bits per heavy atom. The summed E-state index contributed by atoms with van der Waals surface area (Å²) in [6, 6.07) is 7.62. The molecule has 0 saturated heterocycles. The summed E-state index contributed by atoms with van der Waals surface area (Å²) in [4.78, 5) is 30.3. The largest absolute Gasteiger partial charge is 0.399 e. The van der Waals surface area contributed by atoms with Crippen LogP contribution in [-0.4, -0.2) is 53.2 Å². The van der Waals surface area contributed by atoms with Gasteiger partial charge in [0.2, 0.25) is 0 Å². The molecule has 164 valence electrons. The summed E-state index contributed by atoms with van der Waals surface area (Å²) in [7, 11) is 3.92. The maximum absolute atomic E-state index is 12.6. The van der Waals surface area contributed by atoms with E-state index in [-0.39, 0.29) is 11.5 Å². The van der Waals surface area contributed by atoms with Gasteiger partial charge in [-0.3, -0.25) is 19.8 Å². The number of carbonyl (C=O) groups is 1. The minimum absolute atomic E-state index is 0.120. The third-order valence-electron chi connectivity index (χ3n) is 5.20. The van der Waals surface area contributed by atoms with Crippen molar-refractivity contribution in [2.24, 2.45) is 0 Å². The molecule has 3 rings (SSSR count). The second kappa shape index (κ2) is 9.53. The standard InChI is InChI=1S/C23H30N6O2/c1-14-20(26-15(2)21(14)23(31)25-11-12-29(3)4)13-18-19(27-28-22(18)30)10-7-16-5-8-17(24)9-6-16/h5-6,8-10,13,26-27H,7,11-12,24H2,1-4H3,(H,25,31)(H,28,30). The number of likely N-dealkylation sites (N-methyl/N-ethyl adjacent to an activating group) is 1. The first-order valence-electron chi connectivity index (χ1n) is 10.2. The van der Waals surface area contributed by atoms with Gasteiger partial charge in [0.15, 0.2) is 0 Å². The molecule has 0 fully saturated rings. The van der Waals surface area contributed by atoms with Crippen LogP contribution in [0.3, 0.4) is 0 Å². The minimum Gasteiger partial charge on any atom is -0.399 e. The maximum atomic E-state index is 12.6. The molecule has 1 amide bonds. The van der Waals surface area contributed by atoms with Crippen LogP contribution in [0.4, 0.5) is 5.69 Å². The lowest BCUT2D eigenvalue weighted by atomic mass is 10.1. The van der Waals surface area contributed by atoms with Gasteiger partial charge in [-0.2, -0.15) is 0 Å². The SMILES string of the molecule is Cc1[nH]c(C=c2c(=O)[nH][nH]c2=CCc2ccc(N)cc2)c(C)c1C(=O)NCCN(C)C. The van der Waals surface area contributed by atoms with Crippen molar-refractivity contribution in [2.45, 2.75) is 20.3 Å². The molecule has 0 atom stereocenters. The van der Waals surface area contributed by atoms with Crippen molar-refractivity contribution in [1.29, 1.82) is 0 Å². The van der Waals surface area contributed by atoms with E-state index < -0.39 is 0 Å². The lowest BCUT2D eigenvalue weighted by molar-refractivity contribution is 0.0950. The molecular formula is C23H30N6O2. The summed E-state index contributed by atoms with van der Waals surface area (Å²) in [6.07, 6.45) is 4.38. The highest BCUT2D eigenvalue weighted by molar-refractivity contribution is 5.97. The van der Waals surface area contributed by atoms with E-state index in [0.717, 1.165) is 29.1 Å². The summed E-state index contributed by atoms with van der Waals surface area (Å²) in [5.74, 6) is -0.120. The Bertz CT molecular complexity index is 1230. The van der Waals surface area contributed by atoms with Crippen LogP contribution in [0.1, 0.15) is 32.9 Å². The molecule has 0 radical (unpaired) electrons. The molecule has 6 N–H and O–H groups in total. The Morgan fingerprint density at radius 3 is 2.55 bits per heavy atom. The number of nitrogens with two attached hydrogens (primary N) is 1. The van der Waals surface area contributed by atoms with Gasteiger partial charge in [-0.25, -0.2) is 0 Å². The van der Waals surface area contributed by atoms with Gasteiger partial charge in [-0.1, -0.05) is 18.2 Å². The topological polar surface area (TPSA) is 123 Å². The summed E-state index contributed by atoms with van der Waals surface area (Å²) in [5, 5.41) is 9.73. The first kappa shape index (κ1) is 22.2. The van der Waals surface area contributed by atoms with Crippen LogP contribution in [0, 0.1) is 13.8 Å². The minimum atomic E-state index is -0.216. The Morgan fingerprint density at radius 1 is 1.16 bits per heavy atom. The van der Waals surface area contributed by atoms with Crippen LogP contribution < -0.4 is 27.2 Å². The number of nitrogen functional groups attached to an aromatic ring is 1. The number of benzene rings is 1. The van der Waals surface area contributed by atoms with E-state index in [2.05, 4.69) is 20.5 Å². The molecule has 0 aliphatic heterocycles.